The fourth-order valence-electron chi connectivity index (χ4n) is 2.76. The summed E-state index contributed by atoms with van der Waals surface area (Å²) in [6.45, 7) is 3.94. The van der Waals surface area contributed by atoms with Crippen molar-refractivity contribution in [2.24, 2.45) is 18.9 Å². The minimum atomic E-state index is -0.438. The Bertz CT molecular complexity index is 476. The van der Waals surface area contributed by atoms with Gasteiger partial charge in [-0.05, 0) is 25.7 Å². The zero-order chi connectivity index (χ0) is 13.3. The maximum atomic E-state index is 12.4. The lowest BCUT2D eigenvalue weighted by atomic mass is 9.76. The molecule has 0 amide bonds. The van der Waals surface area contributed by atoms with E-state index < -0.39 is 5.92 Å². The Labute approximate surface area is 107 Å². The van der Waals surface area contributed by atoms with Crippen molar-refractivity contribution >= 4 is 11.6 Å². The van der Waals surface area contributed by atoms with Crippen molar-refractivity contribution < 1.29 is 9.59 Å². The van der Waals surface area contributed by atoms with Gasteiger partial charge < -0.3 is 0 Å². The van der Waals surface area contributed by atoms with Crippen LogP contribution in [0.5, 0.6) is 0 Å². The van der Waals surface area contributed by atoms with Crippen LogP contribution in [-0.2, 0) is 11.8 Å². The summed E-state index contributed by atoms with van der Waals surface area (Å²) >= 11 is 0. The van der Waals surface area contributed by atoms with Crippen LogP contribution in [-0.4, -0.2) is 21.3 Å². The molecular weight excluding hydrogens is 228 g/mol. The lowest BCUT2D eigenvalue weighted by Crippen LogP contribution is -2.31. The van der Waals surface area contributed by atoms with Gasteiger partial charge in [-0.1, -0.05) is 13.3 Å². The molecule has 0 aliphatic heterocycles. The highest BCUT2D eigenvalue weighted by Crippen LogP contribution is 2.31. The molecule has 1 aliphatic rings. The maximum absolute atomic E-state index is 12.4. The topological polar surface area (TPSA) is 52.0 Å². The number of hydrogen-bond acceptors (Lipinski definition) is 3. The number of aromatic nitrogens is 2. The van der Waals surface area contributed by atoms with Gasteiger partial charge in [-0.15, -0.1) is 0 Å². The summed E-state index contributed by atoms with van der Waals surface area (Å²) in [5.74, 6) is 0.136. The lowest BCUT2D eigenvalue weighted by Gasteiger charge is -2.26. The molecular formula is C14H20N2O2. The van der Waals surface area contributed by atoms with Crippen molar-refractivity contribution in [2.45, 2.75) is 39.5 Å². The van der Waals surface area contributed by atoms with E-state index in [0.717, 1.165) is 12.8 Å². The second-order valence-corrected chi connectivity index (χ2v) is 5.23. The second-order valence-electron chi connectivity index (χ2n) is 5.23. The quantitative estimate of drug-likeness (QED) is 0.609. The molecule has 98 valence electrons. The predicted molar refractivity (Wildman–Crippen MR) is 68.4 cm³/mol. The van der Waals surface area contributed by atoms with Gasteiger partial charge in [0.1, 0.15) is 5.78 Å². The van der Waals surface area contributed by atoms with Crippen LogP contribution in [0.25, 0.3) is 0 Å². The van der Waals surface area contributed by atoms with Gasteiger partial charge in [0, 0.05) is 19.7 Å². The van der Waals surface area contributed by atoms with Crippen LogP contribution in [0.15, 0.2) is 6.20 Å². The van der Waals surface area contributed by atoms with Crippen LogP contribution in [0.3, 0.4) is 0 Å². The summed E-state index contributed by atoms with van der Waals surface area (Å²) in [5, 5.41) is 4.18. The van der Waals surface area contributed by atoms with Crippen LogP contribution in [0.1, 0.15) is 48.7 Å². The molecule has 1 heterocycles. The molecule has 0 spiro atoms. The number of rotatable bonds is 3. The molecule has 2 rings (SSSR count). The first-order valence-electron chi connectivity index (χ1n) is 6.60. The SMILES string of the molecule is CCC1CCC(=O)C(C(=O)c2cn(C)nc2C)C1. The van der Waals surface area contributed by atoms with Crippen LogP contribution in [0.4, 0.5) is 0 Å². The monoisotopic (exact) mass is 248 g/mol. The molecule has 2 atom stereocenters. The van der Waals surface area contributed by atoms with E-state index in [-0.39, 0.29) is 11.6 Å². The summed E-state index contributed by atoms with van der Waals surface area (Å²) in [6, 6.07) is 0. The second kappa shape index (κ2) is 5.04. The standard InChI is InChI=1S/C14H20N2O2/c1-4-10-5-6-13(17)11(7-10)14(18)12-8-16(3)15-9(12)2/h8,10-11H,4-7H2,1-3H3. The highest BCUT2D eigenvalue weighted by Gasteiger charge is 2.34. The summed E-state index contributed by atoms with van der Waals surface area (Å²) in [5.41, 5.74) is 1.32. The average molecular weight is 248 g/mol. The number of carbonyl (C=O) groups is 2. The van der Waals surface area contributed by atoms with E-state index in [9.17, 15) is 9.59 Å². The highest BCUT2D eigenvalue weighted by molar-refractivity contribution is 6.11. The Kier molecular flexibility index (Phi) is 3.64. The van der Waals surface area contributed by atoms with Crippen LogP contribution in [0, 0.1) is 18.8 Å². The zero-order valence-corrected chi connectivity index (χ0v) is 11.3. The predicted octanol–water partition coefficient (Wildman–Crippen LogP) is 2.31. The van der Waals surface area contributed by atoms with Crippen molar-refractivity contribution in [3.8, 4) is 0 Å². The molecule has 1 aromatic rings. The molecule has 18 heavy (non-hydrogen) atoms. The van der Waals surface area contributed by atoms with Gasteiger partial charge in [0.05, 0.1) is 17.2 Å². The van der Waals surface area contributed by atoms with Gasteiger partial charge in [-0.25, -0.2) is 0 Å². The highest BCUT2D eigenvalue weighted by atomic mass is 16.2. The normalized spacial score (nSPS) is 24.3. The molecule has 1 saturated carbocycles. The van der Waals surface area contributed by atoms with Gasteiger partial charge >= 0.3 is 0 Å². The fourth-order valence-corrected chi connectivity index (χ4v) is 2.76. The molecule has 0 saturated heterocycles. The van der Waals surface area contributed by atoms with E-state index >= 15 is 0 Å². The first-order valence-corrected chi connectivity index (χ1v) is 6.60. The minimum Gasteiger partial charge on any atom is -0.299 e. The van der Waals surface area contributed by atoms with Crippen molar-refractivity contribution in [1.29, 1.82) is 0 Å². The number of Topliss-reactive ketones (excluding diaryl/α,β-unsaturated/α-hetero) is 2. The Morgan fingerprint density at radius 1 is 1.56 bits per heavy atom. The minimum absolute atomic E-state index is 0.0382. The van der Waals surface area contributed by atoms with Crippen molar-refractivity contribution in [3.05, 3.63) is 17.5 Å². The number of carbonyl (C=O) groups excluding carboxylic acids is 2. The summed E-state index contributed by atoms with van der Waals surface area (Å²) in [7, 11) is 1.79. The lowest BCUT2D eigenvalue weighted by molar-refractivity contribution is -0.123. The first-order chi connectivity index (χ1) is 8.52. The van der Waals surface area contributed by atoms with Crippen LogP contribution >= 0.6 is 0 Å². The largest absolute Gasteiger partial charge is 0.299 e. The third kappa shape index (κ3) is 2.37. The molecule has 2 unspecified atom stereocenters. The molecule has 0 aromatic carbocycles. The third-order valence-corrected chi connectivity index (χ3v) is 3.93. The molecule has 0 radical (unpaired) electrons. The number of ketones is 2. The van der Waals surface area contributed by atoms with Gasteiger partial charge in [0.2, 0.25) is 0 Å². The Morgan fingerprint density at radius 2 is 2.28 bits per heavy atom. The van der Waals surface area contributed by atoms with E-state index in [1.807, 2.05) is 6.92 Å². The third-order valence-electron chi connectivity index (χ3n) is 3.93. The van der Waals surface area contributed by atoms with Crippen LogP contribution < -0.4 is 0 Å². The maximum Gasteiger partial charge on any atom is 0.176 e. The Balaban J connectivity index is 2.21. The van der Waals surface area contributed by atoms with Gasteiger partial charge in [-0.3, -0.25) is 14.3 Å². The number of nitrogens with zero attached hydrogens (tertiary/aromatic N) is 2. The van der Waals surface area contributed by atoms with Gasteiger partial charge in [-0.2, -0.15) is 5.10 Å². The molecule has 1 aromatic heterocycles. The molecule has 4 nitrogen and oxygen atoms in total. The van der Waals surface area contributed by atoms with Crippen molar-refractivity contribution in [3.63, 3.8) is 0 Å². The van der Waals surface area contributed by atoms with Crippen molar-refractivity contribution in [1.82, 2.24) is 9.78 Å². The van der Waals surface area contributed by atoms with Gasteiger partial charge in [0.15, 0.2) is 5.78 Å². The van der Waals surface area contributed by atoms with E-state index in [1.165, 1.54) is 0 Å². The van der Waals surface area contributed by atoms with Gasteiger partial charge in [0.25, 0.3) is 0 Å². The Hall–Kier alpha value is -1.45. The van der Waals surface area contributed by atoms with Crippen LogP contribution in [0.2, 0.25) is 0 Å². The molecule has 4 heteroatoms. The molecule has 1 fully saturated rings. The number of aryl methyl sites for hydroxylation is 2. The summed E-state index contributed by atoms with van der Waals surface area (Å²) in [4.78, 5) is 24.4. The van der Waals surface area contributed by atoms with Crippen molar-refractivity contribution in [2.75, 3.05) is 0 Å². The fraction of sp³-hybridized carbons (Fsp3) is 0.643. The summed E-state index contributed by atoms with van der Waals surface area (Å²) < 4.78 is 1.63. The smallest absolute Gasteiger partial charge is 0.176 e. The Morgan fingerprint density at radius 3 is 2.83 bits per heavy atom. The first kappa shape index (κ1) is 13.0. The van der Waals surface area contributed by atoms with E-state index in [4.69, 9.17) is 0 Å². The average Bonchev–Trinajstić information content (AvgIpc) is 2.68. The number of hydrogen-bond donors (Lipinski definition) is 0. The van der Waals surface area contributed by atoms with E-state index in [1.54, 1.807) is 17.9 Å². The molecule has 0 N–H and O–H groups in total. The summed E-state index contributed by atoms with van der Waals surface area (Å²) in [6.07, 6.45) is 4.96. The molecule has 0 bridgehead atoms. The molecule has 1 aliphatic carbocycles. The van der Waals surface area contributed by atoms with E-state index in [2.05, 4.69) is 12.0 Å². The zero-order valence-electron chi connectivity index (χ0n) is 11.3. The van der Waals surface area contributed by atoms with E-state index in [0.29, 0.717) is 30.0 Å².